The van der Waals surface area contributed by atoms with Gasteiger partial charge in [-0.05, 0) is 41.8 Å². The highest BCUT2D eigenvalue weighted by Gasteiger charge is 2.42. The molecular formula is C27H29N3O7S. The maximum absolute atomic E-state index is 13.0. The Morgan fingerprint density at radius 1 is 1.03 bits per heavy atom. The lowest BCUT2D eigenvalue weighted by Crippen LogP contribution is -2.58. The van der Waals surface area contributed by atoms with Crippen LogP contribution >= 0.6 is 0 Å². The fourth-order valence-electron chi connectivity index (χ4n) is 4.36. The van der Waals surface area contributed by atoms with Crippen LogP contribution in [0.15, 0.2) is 82.7 Å². The van der Waals surface area contributed by atoms with Crippen molar-refractivity contribution in [3.8, 4) is 22.6 Å². The second-order valence-electron chi connectivity index (χ2n) is 8.65. The molecule has 3 aromatic rings. The van der Waals surface area contributed by atoms with E-state index in [1.807, 2.05) is 35.8 Å². The predicted molar refractivity (Wildman–Crippen MR) is 141 cm³/mol. The highest BCUT2D eigenvalue weighted by atomic mass is 32.2. The molecular weight excluding hydrogens is 510 g/mol. The third kappa shape index (κ3) is 5.49. The molecule has 3 aromatic carbocycles. The summed E-state index contributed by atoms with van der Waals surface area (Å²) in [6, 6.07) is 18.6. The molecule has 0 amide bonds. The lowest BCUT2D eigenvalue weighted by atomic mass is 9.99. The molecule has 10 nitrogen and oxygen atoms in total. The van der Waals surface area contributed by atoms with E-state index in [0.29, 0.717) is 23.5 Å². The van der Waals surface area contributed by atoms with Crippen molar-refractivity contribution in [2.24, 2.45) is 4.99 Å². The van der Waals surface area contributed by atoms with Gasteiger partial charge in [0.15, 0.2) is 6.04 Å². The quantitative estimate of drug-likeness (QED) is 0.203. The van der Waals surface area contributed by atoms with E-state index >= 15 is 0 Å². The van der Waals surface area contributed by atoms with Crippen molar-refractivity contribution in [1.29, 1.82) is 0 Å². The summed E-state index contributed by atoms with van der Waals surface area (Å²) in [5.74, 6) is -0.0397. The van der Waals surface area contributed by atoms with Crippen molar-refractivity contribution < 1.29 is 33.0 Å². The number of hydroxylamine groups is 1. The molecule has 0 radical (unpaired) electrons. The summed E-state index contributed by atoms with van der Waals surface area (Å²) in [7, 11) is -0.685. The first-order valence-electron chi connectivity index (χ1n) is 11.9. The van der Waals surface area contributed by atoms with Gasteiger partial charge in [-0.2, -0.15) is 4.31 Å². The largest absolute Gasteiger partial charge is 0.496 e. The summed E-state index contributed by atoms with van der Waals surface area (Å²) in [5.41, 5.74) is 4.23. The van der Waals surface area contributed by atoms with E-state index in [2.05, 4.69) is 4.99 Å². The number of nitrogens with one attached hydrogen (secondary N) is 1. The van der Waals surface area contributed by atoms with Crippen molar-refractivity contribution >= 4 is 21.8 Å². The summed E-state index contributed by atoms with van der Waals surface area (Å²) in [5, 5.41) is 19.6. The van der Waals surface area contributed by atoms with Crippen molar-refractivity contribution in [3.05, 3.63) is 78.4 Å². The van der Waals surface area contributed by atoms with Gasteiger partial charge < -0.3 is 14.6 Å². The lowest BCUT2D eigenvalue weighted by molar-refractivity contribution is -0.138. The number of amidine groups is 1. The molecule has 38 heavy (non-hydrogen) atoms. The van der Waals surface area contributed by atoms with Gasteiger partial charge in [0.25, 0.3) is 0 Å². The van der Waals surface area contributed by atoms with E-state index in [9.17, 15) is 23.5 Å². The predicted octanol–water partition coefficient (Wildman–Crippen LogP) is 3.21. The molecule has 0 bridgehead atoms. The number of carboxylic acid groups (broad SMARTS) is 1. The van der Waals surface area contributed by atoms with Crippen LogP contribution in [-0.2, 0) is 21.2 Å². The van der Waals surface area contributed by atoms with Crippen LogP contribution in [0.25, 0.3) is 11.1 Å². The van der Waals surface area contributed by atoms with Crippen molar-refractivity contribution in [2.45, 2.75) is 29.8 Å². The van der Waals surface area contributed by atoms with Gasteiger partial charge in [-0.15, -0.1) is 0 Å². The highest BCUT2D eigenvalue weighted by Crippen LogP contribution is 2.38. The van der Waals surface area contributed by atoms with Crippen LogP contribution in [0.1, 0.15) is 12.0 Å². The smallest absolute Gasteiger partial charge is 0.328 e. The Bertz CT molecular complexity index is 1390. The maximum atomic E-state index is 13.0. The number of nitrogens with zero attached hydrogens (tertiary/aromatic N) is 2. The Morgan fingerprint density at radius 2 is 1.66 bits per heavy atom. The maximum Gasteiger partial charge on any atom is 0.328 e. The van der Waals surface area contributed by atoms with Crippen molar-refractivity contribution in [1.82, 2.24) is 9.79 Å². The Kier molecular flexibility index (Phi) is 8.30. The molecule has 0 aromatic heterocycles. The van der Waals surface area contributed by atoms with E-state index in [-0.39, 0.29) is 23.7 Å². The molecule has 2 atom stereocenters. The minimum atomic E-state index is -3.83. The fourth-order valence-corrected chi connectivity index (χ4v) is 6.02. The third-order valence-corrected chi connectivity index (χ3v) is 8.35. The number of methoxy groups -OCH3 is 2. The summed E-state index contributed by atoms with van der Waals surface area (Å²) in [6.07, 6.45) is 0.419. The molecule has 1 aliphatic heterocycles. The van der Waals surface area contributed by atoms with Crippen LogP contribution < -0.4 is 15.0 Å². The molecule has 1 fully saturated rings. The van der Waals surface area contributed by atoms with Gasteiger partial charge in [-0.1, -0.05) is 48.5 Å². The first-order valence-corrected chi connectivity index (χ1v) is 13.3. The number of ether oxygens (including phenoxy) is 2. The minimum Gasteiger partial charge on any atom is -0.496 e. The third-order valence-electron chi connectivity index (χ3n) is 6.43. The first kappa shape index (κ1) is 27.1. The number of carbonyl (C=O) groups is 1. The van der Waals surface area contributed by atoms with Gasteiger partial charge >= 0.3 is 5.97 Å². The van der Waals surface area contributed by atoms with Crippen LogP contribution in [0.3, 0.4) is 0 Å². The number of hydrogen-bond acceptors (Lipinski definition) is 7. The van der Waals surface area contributed by atoms with Crippen LogP contribution in [0, 0.1) is 0 Å². The summed E-state index contributed by atoms with van der Waals surface area (Å²) >= 11 is 0. The molecule has 1 aliphatic rings. The SMILES string of the molecule is COc1cccc(OC)c1-c1ccc(C[C@H](N=C(NO)[C@@H]2CCN2S(=O)(=O)c2ccccc2)C(=O)O)cc1. The van der Waals surface area contributed by atoms with E-state index in [4.69, 9.17) is 9.47 Å². The monoisotopic (exact) mass is 539 g/mol. The van der Waals surface area contributed by atoms with Crippen LogP contribution in [0.2, 0.25) is 0 Å². The number of sulfonamides is 1. The second kappa shape index (κ2) is 11.6. The normalized spacial score (nSPS) is 16.8. The Balaban J connectivity index is 1.56. The first-order chi connectivity index (χ1) is 18.3. The summed E-state index contributed by atoms with van der Waals surface area (Å²) in [6.45, 7) is 0.230. The van der Waals surface area contributed by atoms with Crippen LogP contribution in [0.5, 0.6) is 11.5 Å². The van der Waals surface area contributed by atoms with Gasteiger partial charge in [0.1, 0.15) is 17.3 Å². The molecule has 11 heteroatoms. The standard InChI is InChI=1S/C27H29N3O7S/c1-36-23-9-6-10-24(37-2)25(23)19-13-11-18(12-14-19)17-21(27(31)32)28-26(29-33)22-15-16-30(22)38(34,35)20-7-4-3-5-8-20/h3-14,21-22,33H,15-17H2,1-2H3,(H,28,29)(H,31,32)/t21-,22-/m0/s1. The Labute approximate surface area is 221 Å². The number of rotatable bonds is 10. The van der Waals surface area contributed by atoms with E-state index in [1.165, 1.54) is 16.4 Å². The molecule has 0 unspecified atom stereocenters. The van der Waals surface area contributed by atoms with E-state index in [1.54, 1.807) is 44.6 Å². The zero-order chi connectivity index (χ0) is 27.3. The molecule has 0 spiro atoms. The second-order valence-corrected chi connectivity index (χ2v) is 10.5. The molecule has 0 saturated carbocycles. The number of carboxylic acids is 1. The molecule has 4 rings (SSSR count). The van der Waals surface area contributed by atoms with Crippen molar-refractivity contribution in [3.63, 3.8) is 0 Å². The highest BCUT2D eigenvalue weighted by molar-refractivity contribution is 7.89. The van der Waals surface area contributed by atoms with Crippen LogP contribution in [0.4, 0.5) is 0 Å². The number of aliphatic carboxylic acids is 1. The zero-order valence-corrected chi connectivity index (χ0v) is 21.8. The molecule has 0 aliphatic carbocycles. The Morgan fingerprint density at radius 3 is 2.16 bits per heavy atom. The number of aliphatic imine (C=N–C) groups is 1. The lowest BCUT2D eigenvalue weighted by Gasteiger charge is -2.39. The molecule has 3 N–H and O–H groups in total. The average molecular weight is 540 g/mol. The topological polar surface area (TPSA) is 138 Å². The molecule has 1 saturated heterocycles. The van der Waals surface area contributed by atoms with Gasteiger partial charge in [0.2, 0.25) is 10.0 Å². The summed E-state index contributed by atoms with van der Waals surface area (Å²) < 4.78 is 38.2. The van der Waals surface area contributed by atoms with Crippen LogP contribution in [-0.4, -0.2) is 67.7 Å². The van der Waals surface area contributed by atoms with E-state index in [0.717, 1.165) is 11.1 Å². The Hall–Kier alpha value is -3.93. The van der Waals surface area contributed by atoms with E-state index < -0.39 is 28.1 Å². The van der Waals surface area contributed by atoms with Gasteiger partial charge in [0, 0.05) is 13.0 Å². The number of hydrogen-bond donors (Lipinski definition) is 3. The summed E-state index contributed by atoms with van der Waals surface area (Å²) in [4.78, 5) is 16.4. The van der Waals surface area contributed by atoms with Gasteiger partial charge in [-0.25, -0.2) is 13.2 Å². The molecule has 200 valence electrons. The van der Waals surface area contributed by atoms with Crippen molar-refractivity contribution in [2.75, 3.05) is 20.8 Å². The zero-order valence-electron chi connectivity index (χ0n) is 20.9. The molecule has 1 heterocycles. The van der Waals surface area contributed by atoms with Gasteiger partial charge in [-0.3, -0.25) is 15.7 Å². The average Bonchev–Trinajstić information content (AvgIpc) is 2.91. The fraction of sp³-hybridized carbons (Fsp3) is 0.259. The number of benzene rings is 3. The van der Waals surface area contributed by atoms with Gasteiger partial charge in [0.05, 0.1) is 30.7 Å². The minimum absolute atomic E-state index is 0.0298.